The molecule has 19 heavy (non-hydrogen) atoms. The fraction of sp³-hybridized carbons (Fsp3) is 0.600. The minimum Gasteiger partial charge on any atom is -0.497 e. The summed E-state index contributed by atoms with van der Waals surface area (Å²) < 4.78 is 10.7. The van der Waals surface area contributed by atoms with Crippen molar-refractivity contribution >= 4 is 21.6 Å². The lowest BCUT2D eigenvalue weighted by molar-refractivity contribution is 0.0304. The first-order chi connectivity index (χ1) is 9.19. The highest BCUT2D eigenvalue weighted by atomic mass is 79.9. The van der Waals surface area contributed by atoms with Crippen molar-refractivity contribution < 1.29 is 9.47 Å². The van der Waals surface area contributed by atoms with Crippen LogP contribution in [-0.4, -0.2) is 39.2 Å². The van der Waals surface area contributed by atoms with Gasteiger partial charge >= 0.3 is 0 Å². The Hall–Kier alpha value is -0.740. The molecule has 0 saturated carbocycles. The Balaban J connectivity index is 2.03. The molecule has 0 amide bonds. The highest BCUT2D eigenvalue weighted by Gasteiger charge is 2.32. The molecule has 1 saturated heterocycles. The fourth-order valence-electron chi connectivity index (χ4n) is 2.57. The van der Waals surface area contributed by atoms with Gasteiger partial charge in [0.25, 0.3) is 0 Å². The molecule has 0 bridgehead atoms. The van der Waals surface area contributed by atoms with E-state index < -0.39 is 0 Å². The van der Waals surface area contributed by atoms with Crippen LogP contribution < -0.4 is 9.64 Å². The molecule has 0 atom stereocenters. The van der Waals surface area contributed by atoms with E-state index >= 15 is 0 Å². The van der Waals surface area contributed by atoms with Crippen molar-refractivity contribution in [3.05, 3.63) is 24.3 Å². The van der Waals surface area contributed by atoms with Crippen molar-refractivity contribution in [2.75, 3.05) is 44.1 Å². The summed E-state index contributed by atoms with van der Waals surface area (Å²) in [7, 11) is 3.85. The number of alkyl halides is 1. The van der Waals surface area contributed by atoms with Gasteiger partial charge in [-0.05, 0) is 37.1 Å². The van der Waals surface area contributed by atoms with Gasteiger partial charge in [0.1, 0.15) is 5.75 Å². The van der Waals surface area contributed by atoms with Gasteiger partial charge in [-0.25, -0.2) is 0 Å². The van der Waals surface area contributed by atoms with E-state index in [2.05, 4.69) is 40.0 Å². The number of methoxy groups -OCH3 is 1. The van der Waals surface area contributed by atoms with Crippen molar-refractivity contribution in [2.45, 2.75) is 12.8 Å². The van der Waals surface area contributed by atoms with Crippen LogP contribution in [0.15, 0.2) is 24.3 Å². The number of anilines is 1. The number of hydrogen-bond acceptors (Lipinski definition) is 3. The summed E-state index contributed by atoms with van der Waals surface area (Å²) >= 11 is 3.69. The van der Waals surface area contributed by atoms with Gasteiger partial charge in [0, 0.05) is 43.2 Å². The quantitative estimate of drug-likeness (QED) is 0.774. The van der Waals surface area contributed by atoms with Crippen LogP contribution in [0.4, 0.5) is 5.69 Å². The number of benzene rings is 1. The summed E-state index contributed by atoms with van der Waals surface area (Å²) in [5.74, 6) is 0.901. The second-order valence-electron chi connectivity index (χ2n) is 5.30. The van der Waals surface area contributed by atoms with Crippen LogP contribution in [0.25, 0.3) is 0 Å². The zero-order valence-electron chi connectivity index (χ0n) is 11.7. The van der Waals surface area contributed by atoms with E-state index in [0.29, 0.717) is 5.41 Å². The lowest BCUT2D eigenvalue weighted by atomic mass is 9.82. The molecule has 4 heteroatoms. The highest BCUT2D eigenvalue weighted by Crippen LogP contribution is 2.34. The molecule has 0 spiro atoms. The molecule has 0 aromatic heterocycles. The van der Waals surface area contributed by atoms with Gasteiger partial charge < -0.3 is 14.4 Å². The first kappa shape index (κ1) is 14.7. The SMILES string of the molecule is COc1ccc(N(C)CC2(CBr)CCOCC2)cc1. The van der Waals surface area contributed by atoms with Crippen LogP contribution in [-0.2, 0) is 4.74 Å². The minimum atomic E-state index is 0.326. The topological polar surface area (TPSA) is 21.7 Å². The van der Waals surface area contributed by atoms with Gasteiger partial charge in [-0.15, -0.1) is 0 Å². The standard InChI is InChI=1S/C15H22BrNO2/c1-17(13-3-5-14(18-2)6-4-13)12-15(11-16)7-9-19-10-8-15/h3-6H,7-12H2,1-2H3. The molecule has 0 unspecified atom stereocenters. The fourth-order valence-corrected chi connectivity index (χ4v) is 3.31. The lowest BCUT2D eigenvalue weighted by Gasteiger charge is -2.39. The van der Waals surface area contributed by atoms with Gasteiger partial charge in [0.15, 0.2) is 0 Å². The normalized spacial score (nSPS) is 18.1. The molecule has 106 valence electrons. The molecular weight excluding hydrogens is 306 g/mol. The third kappa shape index (κ3) is 3.63. The Morgan fingerprint density at radius 2 is 1.89 bits per heavy atom. The van der Waals surface area contributed by atoms with Crippen LogP contribution in [0.2, 0.25) is 0 Å². The predicted octanol–water partition coefficient (Wildman–Crippen LogP) is 3.32. The van der Waals surface area contributed by atoms with E-state index in [1.54, 1.807) is 7.11 Å². The van der Waals surface area contributed by atoms with Crippen molar-refractivity contribution in [3.63, 3.8) is 0 Å². The third-order valence-corrected chi connectivity index (χ3v) is 5.11. The molecule has 0 aliphatic carbocycles. The Bertz CT molecular complexity index is 388. The predicted molar refractivity (Wildman–Crippen MR) is 82.5 cm³/mol. The summed E-state index contributed by atoms with van der Waals surface area (Å²) in [6, 6.07) is 8.24. The molecule has 1 aromatic rings. The van der Waals surface area contributed by atoms with Gasteiger partial charge in [-0.3, -0.25) is 0 Å². The van der Waals surface area contributed by atoms with Crippen LogP contribution in [0.3, 0.4) is 0 Å². The van der Waals surface area contributed by atoms with Crippen LogP contribution in [0, 0.1) is 5.41 Å². The Morgan fingerprint density at radius 1 is 1.26 bits per heavy atom. The van der Waals surface area contributed by atoms with E-state index in [1.807, 2.05) is 12.1 Å². The van der Waals surface area contributed by atoms with Crippen LogP contribution in [0.5, 0.6) is 5.75 Å². The van der Waals surface area contributed by atoms with Gasteiger partial charge in [-0.1, -0.05) is 15.9 Å². The molecule has 0 N–H and O–H groups in total. The van der Waals surface area contributed by atoms with Crippen LogP contribution >= 0.6 is 15.9 Å². The first-order valence-electron chi connectivity index (χ1n) is 6.68. The van der Waals surface area contributed by atoms with E-state index in [1.165, 1.54) is 5.69 Å². The highest BCUT2D eigenvalue weighted by molar-refractivity contribution is 9.09. The van der Waals surface area contributed by atoms with Crippen LogP contribution in [0.1, 0.15) is 12.8 Å². The molecular formula is C15H22BrNO2. The maximum absolute atomic E-state index is 5.49. The molecule has 3 nitrogen and oxygen atoms in total. The lowest BCUT2D eigenvalue weighted by Crippen LogP contribution is -2.41. The van der Waals surface area contributed by atoms with Gasteiger partial charge in [0.2, 0.25) is 0 Å². The smallest absolute Gasteiger partial charge is 0.119 e. The Kier molecular flexibility index (Phi) is 5.11. The monoisotopic (exact) mass is 327 g/mol. The van der Waals surface area contributed by atoms with Gasteiger partial charge in [-0.2, -0.15) is 0 Å². The molecule has 0 radical (unpaired) electrons. The maximum Gasteiger partial charge on any atom is 0.119 e. The summed E-state index contributed by atoms with van der Waals surface area (Å²) in [5.41, 5.74) is 1.56. The molecule has 1 aliphatic rings. The number of nitrogens with zero attached hydrogens (tertiary/aromatic N) is 1. The minimum absolute atomic E-state index is 0.326. The first-order valence-corrected chi connectivity index (χ1v) is 7.80. The van der Waals surface area contributed by atoms with Crippen molar-refractivity contribution in [3.8, 4) is 5.75 Å². The van der Waals surface area contributed by atoms with Gasteiger partial charge in [0.05, 0.1) is 7.11 Å². The largest absolute Gasteiger partial charge is 0.497 e. The summed E-state index contributed by atoms with van der Waals surface area (Å²) in [6.45, 7) is 2.80. The maximum atomic E-state index is 5.49. The Morgan fingerprint density at radius 3 is 2.42 bits per heavy atom. The number of halogens is 1. The molecule has 1 aromatic carbocycles. The second-order valence-corrected chi connectivity index (χ2v) is 5.86. The molecule has 1 fully saturated rings. The third-order valence-electron chi connectivity index (χ3n) is 3.92. The number of rotatable bonds is 5. The molecule has 1 aliphatic heterocycles. The van der Waals surface area contributed by atoms with E-state index in [4.69, 9.17) is 9.47 Å². The summed E-state index contributed by atoms with van der Waals surface area (Å²) in [6.07, 6.45) is 2.25. The summed E-state index contributed by atoms with van der Waals surface area (Å²) in [4.78, 5) is 2.33. The summed E-state index contributed by atoms with van der Waals surface area (Å²) in [5, 5.41) is 1.03. The number of hydrogen-bond donors (Lipinski definition) is 0. The van der Waals surface area contributed by atoms with Crippen molar-refractivity contribution in [1.82, 2.24) is 0 Å². The van der Waals surface area contributed by atoms with Crippen molar-refractivity contribution in [1.29, 1.82) is 0 Å². The average Bonchev–Trinajstić information content (AvgIpc) is 2.48. The van der Waals surface area contributed by atoms with E-state index in [9.17, 15) is 0 Å². The zero-order chi connectivity index (χ0) is 13.7. The Labute approximate surface area is 124 Å². The van der Waals surface area contributed by atoms with E-state index in [0.717, 1.165) is 43.7 Å². The second kappa shape index (κ2) is 6.62. The average molecular weight is 328 g/mol. The molecule has 1 heterocycles. The molecule has 2 rings (SSSR count). The zero-order valence-corrected chi connectivity index (χ0v) is 13.3. The number of ether oxygens (including phenoxy) is 2. The van der Waals surface area contributed by atoms with E-state index in [-0.39, 0.29) is 0 Å². The van der Waals surface area contributed by atoms with Crippen molar-refractivity contribution in [2.24, 2.45) is 5.41 Å².